The van der Waals surface area contributed by atoms with Crippen molar-refractivity contribution in [3.05, 3.63) is 42.5 Å². The van der Waals surface area contributed by atoms with Crippen LogP contribution >= 0.6 is 0 Å². The van der Waals surface area contributed by atoms with Gasteiger partial charge < -0.3 is 10.2 Å². The van der Waals surface area contributed by atoms with Crippen LogP contribution in [0, 0.1) is 11.3 Å². The van der Waals surface area contributed by atoms with Crippen LogP contribution in [0.5, 0.6) is 0 Å². The molecule has 19 heavy (non-hydrogen) atoms. The van der Waals surface area contributed by atoms with Crippen molar-refractivity contribution in [3.63, 3.8) is 0 Å². The van der Waals surface area contributed by atoms with Crippen molar-refractivity contribution < 1.29 is 4.79 Å². The number of hydrogen-bond acceptors (Lipinski definition) is 2. The Morgan fingerprint density at radius 3 is 2.74 bits per heavy atom. The van der Waals surface area contributed by atoms with Crippen LogP contribution in [-0.4, -0.2) is 24.5 Å². The lowest BCUT2D eigenvalue weighted by Crippen LogP contribution is -2.31. The van der Waals surface area contributed by atoms with Crippen molar-refractivity contribution in [2.75, 3.05) is 18.9 Å². The van der Waals surface area contributed by atoms with E-state index in [1.54, 1.807) is 7.05 Å². The number of carbonyl (C=O) groups is 1. The predicted octanol–water partition coefficient (Wildman–Crippen LogP) is 3.22. The minimum atomic E-state index is -0.203. The molecule has 0 saturated carbocycles. The molecule has 0 heterocycles. The minimum absolute atomic E-state index is 0.203. The zero-order valence-corrected chi connectivity index (χ0v) is 10.8. The van der Waals surface area contributed by atoms with Gasteiger partial charge in [-0.1, -0.05) is 30.3 Å². The second-order valence-corrected chi connectivity index (χ2v) is 4.32. The summed E-state index contributed by atoms with van der Waals surface area (Å²) in [6.07, 6.45) is 0.335. The molecule has 0 fully saturated rings. The first-order valence-electron chi connectivity index (χ1n) is 6.08. The molecule has 0 aliphatic carbocycles. The Hall–Kier alpha value is -2.54. The fourth-order valence-electron chi connectivity index (χ4n) is 1.81. The summed E-state index contributed by atoms with van der Waals surface area (Å²) in [6.45, 7) is 0.427. The normalized spacial score (nSPS) is 9.89. The number of nitrogens with one attached hydrogen (secondary N) is 1. The highest BCUT2D eigenvalue weighted by Crippen LogP contribution is 2.18. The van der Waals surface area contributed by atoms with Gasteiger partial charge in [-0.15, -0.1) is 0 Å². The zero-order valence-electron chi connectivity index (χ0n) is 10.8. The topological polar surface area (TPSA) is 56.1 Å². The van der Waals surface area contributed by atoms with E-state index in [1.807, 2.05) is 48.5 Å². The molecule has 0 radical (unpaired) electrons. The molecule has 96 valence electrons. The second-order valence-electron chi connectivity index (χ2n) is 4.32. The van der Waals surface area contributed by atoms with Crippen molar-refractivity contribution in [2.45, 2.75) is 6.42 Å². The molecular weight excluding hydrogens is 238 g/mol. The average Bonchev–Trinajstić information content (AvgIpc) is 2.44. The third-order valence-electron chi connectivity index (χ3n) is 2.91. The van der Waals surface area contributed by atoms with Crippen LogP contribution in [0.4, 0.5) is 10.5 Å². The third-order valence-corrected chi connectivity index (χ3v) is 2.91. The highest BCUT2D eigenvalue weighted by molar-refractivity contribution is 5.93. The lowest BCUT2D eigenvalue weighted by atomic mass is 10.1. The van der Waals surface area contributed by atoms with E-state index in [9.17, 15) is 4.79 Å². The van der Waals surface area contributed by atoms with Gasteiger partial charge in [0.25, 0.3) is 0 Å². The average molecular weight is 253 g/mol. The van der Waals surface area contributed by atoms with E-state index < -0.39 is 0 Å². The number of anilines is 1. The fourth-order valence-corrected chi connectivity index (χ4v) is 1.81. The number of urea groups is 1. The molecule has 1 N–H and O–H groups in total. The van der Waals surface area contributed by atoms with Gasteiger partial charge in [0, 0.05) is 19.3 Å². The van der Waals surface area contributed by atoms with Gasteiger partial charge in [0.05, 0.1) is 12.5 Å². The molecule has 0 aromatic heterocycles. The summed E-state index contributed by atoms with van der Waals surface area (Å²) in [6, 6.07) is 15.6. The van der Waals surface area contributed by atoms with Gasteiger partial charge in [-0.3, -0.25) is 0 Å². The van der Waals surface area contributed by atoms with Crippen molar-refractivity contribution in [3.8, 4) is 6.07 Å². The van der Waals surface area contributed by atoms with Crippen LogP contribution in [-0.2, 0) is 0 Å². The maximum absolute atomic E-state index is 11.9. The Morgan fingerprint density at radius 2 is 2.00 bits per heavy atom. The van der Waals surface area contributed by atoms with Crippen LogP contribution in [0.3, 0.4) is 0 Å². The van der Waals surface area contributed by atoms with E-state index in [0.29, 0.717) is 13.0 Å². The van der Waals surface area contributed by atoms with Gasteiger partial charge in [0.2, 0.25) is 0 Å². The van der Waals surface area contributed by atoms with Gasteiger partial charge in [0.1, 0.15) is 0 Å². The summed E-state index contributed by atoms with van der Waals surface area (Å²) in [5.74, 6) is 0. The molecule has 4 heteroatoms. The molecule has 0 unspecified atom stereocenters. The van der Waals surface area contributed by atoms with E-state index in [4.69, 9.17) is 5.26 Å². The Labute approximate surface area is 112 Å². The first kappa shape index (κ1) is 12.9. The first-order chi connectivity index (χ1) is 9.20. The van der Waals surface area contributed by atoms with Gasteiger partial charge >= 0.3 is 6.03 Å². The Bertz CT molecular complexity index is 631. The molecule has 2 amide bonds. The Kier molecular flexibility index (Phi) is 3.99. The summed E-state index contributed by atoms with van der Waals surface area (Å²) in [4.78, 5) is 13.4. The van der Waals surface area contributed by atoms with Gasteiger partial charge in [-0.05, 0) is 22.9 Å². The molecule has 0 aliphatic heterocycles. The number of hydrogen-bond donors (Lipinski definition) is 1. The smallest absolute Gasteiger partial charge is 0.321 e. The fraction of sp³-hybridized carbons (Fsp3) is 0.200. The number of amides is 2. The highest BCUT2D eigenvalue weighted by atomic mass is 16.2. The quantitative estimate of drug-likeness (QED) is 0.913. The number of rotatable bonds is 3. The largest absolute Gasteiger partial charge is 0.327 e. The standard InChI is InChI=1S/C15H15N3O/c1-18(10-4-9-16)15(19)17-14-8-7-12-5-2-3-6-13(12)11-14/h2-3,5-8,11H,4,10H2,1H3,(H,17,19). The van der Waals surface area contributed by atoms with E-state index in [0.717, 1.165) is 16.5 Å². The maximum atomic E-state index is 11.9. The number of fused-ring (bicyclic) bond motifs is 1. The molecule has 2 aromatic carbocycles. The van der Waals surface area contributed by atoms with Crippen LogP contribution < -0.4 is 5.32 Å². The number of benzene rings is 2. The van der Waals surface area contributed by atoms with Gasteiger partial charge in [0.15, 0.2) is 0 Å². The van der Waals surface area contributed by atoms with E-state index in [2.05, 4.69) is 5.32 Å². The monoisotopic (exact) mass is 253 g/mol. The summed E-state index contributed by atoms with van der Waals surface area (Å²) in [5, 5.41) is 13.5. The van der Waals surface area contributed by atoms with Crippen LogP contribution in [0.2, 0.25) is 0 Å². The molecule has 0 spiro atoms. The lowest BCUT2D eigenvalue weighted by Gasteiger charge is -2.16. The minimum Gasteiger partial charge on any atom is -0.327 e. The van der Waals surface area contributed by atoms with Crippen molar-refractivity contribution in [2.24, 2.45) is 0 Å². The summed E-state index contributed by atoms with van der Waals surface area (Å²) in [5.41, 5.74) is 0.757. The van der Waals surface area contributed by atoms with E-state index in [1.165, 1.54) is 4.90 Å². The van der Waals surface area contributed by atoms with Crippen LogP contribution in [0.15, 0.2) is 42.5 Å². The van der Waals surface area contributed by atoms with Gasteiger partial charge in [-0.2, -0.15) is 5.26 Å². The Balaban J connectivity index is 2.09. The van der Waals surface area contributed by atoms with Crippen LogP contribution in [0.25, 0.3) is 10.8 Å². The second kappa shape index (κ2) is 5.87. The molecular formula is C15H15N3O. The molecule has 0 saturated heterocycles. The van der Waals surface area contributed by atoms with E-state index in [-0.39, 0.29) is 6.03 Å². The molecule has 2 aromatic rings. The zero-order chi connectivity index (χ0) is 13.7. The SMILES string of the molecule is CN(CCC#N)C(=O)Nc1ccc2ccccc2c1. The lowest BCUT2D eigenvalue weighted by molar-refractivity contribution is 0.223. The van der Waals surface area contributed by atoms with Crippen molar-refractivity contribution in [1.82, 2.24) is 4.90 Å². The first-order valence-corrected chi connectivity index (χ1v) is 6.08. The van der Waals surface area contributed by atoms with E-state index >= 15 is 0 Å². The molecule has 0 atom stereocenters. The van der Waals surface area contributed by atoms with Crippen molar-refractivity contribution >= 4 is 22.5 Å². The molecule has 0 bridgehead atoms. The Morgan fingerprint density at radius 1 is 1.26 bits per heavy atom. The molecule has 2 rings (SSSR count). The summed E-state index contributed by atoms with van der Waals surface area (Å²) < 4.78 is 0. The van der Waals surface area contributed by atoms with Gasteiger partial charge in [-0.25, -0.2) is 4.79 Å². The maximum Gasteiger partial charge on any atom is 0.321 e. The summed E-state index contributed by atoms with van der Waals surface area (Å²) in [7, 11) is 1.67. The molecule has 0 aliphatic rings. The highest BCUT2D eigenvalue weighted by Gasteiger charge is 2.08. The number of carbonyl (C=O) groups excluding carboxylic acids is 1. The number of nitrogens with zero attached hydrogens (tertiary/aromatic N) is 2. The number of nitriles is 1. The summed E-state index contributed by atoms with van der Waals surface area (Å²) >= 11 is 0. The molecule has 4 nitrogen and oxygen atoms in total. The van der Waals surface area contributed by atoms with Crippen LogP contribution in [0.1, 0.15) is 6.42 Å². The van der Waals surface area contributed by atoms with Crippen molar-refractivity contribution in [1.29, 1.82) is 5.26 Å². The third kappa shape index (κ3) is 3.23. The predicted molar refractivity (Wildman–Crippen MR) is 75.8 cm³/mol.